The molecule has 146 valence electrons. The number of rotatable bonds is 9. The highest BCUT2D eigenvalue weighted by atomic mass is 16.5. The van der Waals surface area contributed by atoms with Crippen LogP contribution in [0.1, 0.15) is 22.8 Å². The van der Waals surface area contributed by atoms with Gasteiger partial charge < -0.3 is 23.8 Å². The van der Waals surface area contributed by atoms with Crippen LogP contribution in [0, 0.1) is 0 Å². The van der Waals surface area contributed by atoms with Crippen LogP contribution in [0.15, 0.2) is 42.5 Å². The number of methoxy groups -OCH3 is 3. The Bertz CT molecular complexity index is 722. The molecule has 0 heterocycles. The summed E-state index contributed by atoms with van der Waals surface area (Å²) in [5.74, 6) is 0.859. The van der Waals surface area contributed by atoms with Crippen molar-refractivity contribution in [3.05, 3.63) is 53.6 Å². The molecule has 2 rings (SSSR count). The van der Waals surface area contributed by atoms with Crippen LogP contribution in [0.25, 0.3) is 0 Å². The van der Waals surface area contributed by atoms with E-state index in [1.54, 1.807) is 12.1 Å². The summed E-state index contributed by atoms with van der Waals surface area (Å²) in [6, 6.07) is 13.4. The monoisotopic (exact) mass is 374 g/mol. The van der Waals surface area contributed by atoms with E-state index in [-0.39, 0.29) is 6.10 Å². The fraction of sp³-hybridized carbons (Fsp3) is 0.381. The van der Waals surface area contributed by atoms with Gasteiger partial charge in [-0.2, -0.15) is 0 Å². The standard InChI is InChI=1S/C21H27NO5/c1-15(13-22(2)14-16-9-7-6-8-10-16)27-21(23)17-11-18(24-3)20(26-5)19(12-17)25-4/h6-12,15H,13-14H2,1-5H3/p+1/t15-/m1/s1. The fourth-order valence-electron chi connectivity index (χ4n) is 3.00. The summed E-state index contributed by atoms with van der Waals surface area (Å²) in [6.45, 7) is 3.46. The van der Waals surface area contributed by atoms with Crippen molar-refractivity contribution in [2.24, 2.45) is 0 Å². The fourth-order valence-corrected chi connectivity index (χ4v) is 3.00. The van der Waals surface area contributed by atoms with Gasteiger partial charge in [-0.05, 0) is 19.1 Å². The van der Waals surface area contributed by atoms with E-state index in [0.717, 1.165) is 6.54 Å². The van der Waals surface area contributed by atoms with Gasteiger partial charge >= 0.3 is 5.97 Å². The summed E-state index contributed by atoms with van der Waals surface area (Å²) in [5, 5.41) is 0. The number of hydrogen-bond donors (Lipinski definition) is 1. The van der Waals surface area contributed by atoms with Crippen LogP contribution in [0.3, 0.4) is 0 Å². The summed E-state index contributed by atoms with van der Waals surface area (Å²) in [7, 11) is 6.62. The molecular weight excluding hydrogens is 346 g/mol. The molecule has 0 bridgehead atoms. The Morgan fingerprint density at radius 2 is 1.59 bits per heavy atom. The van der Waals surface area contributed by atoms with E-state index in [0.29, 0.717) is 29.4 Å². The molecule has 1 unspecified atom stereocenters. The van der Waals surface area contributed by atoms with Gasteiger partial charge in [-0.25, -0.2) is 4.79 Å². The van der Waals surface area contributed by atoms with Gasteiger partial charge in [0.1, 0.15) is 19.2 Å². The molecule has 0 aliphatic carbocycles. The maximum atomic E-state index is 12.5. The average molecular weight is 374 g/mol. The first-order valence-corrected chi connectivity index (χ1v) is 8.84. The molecule has 0 amide bonds. The van der Waals surface area contributed by atoms with Crippen LogP contribution < -0.4 is 19.1 Å². The van der Waals surface area contributed by atoms with Gasteiger partial charge in [-0.15, -0.1) is 0 Å². The van der Waals surface area contributed by atoms with Crippen molar-refractivity contribution in [2.75, 3.05) is 34.9 Å². The Kier molecular flexibility index (Phi) is 7.49. The van der Waals surface area contributed by atoms with Gasteiger partial charge in [0, 0.05) is 5.56 Å². The zero-order valence-corrected chi connectivity index (χ0v) is 16.6. The van der Waals surface area contributed by atoms with Crippen molar-refractivity contribution >= 4 is 5.97 Å². The molecule has 2 aromatic rings. The third kappa shape index (κ3) is 5.62. The Balaban J connectivity index is 2.01. The maximum Gasteiger partial charge on any atom is 0.338 e. The molecule has 27 heavy (non-hydrogen) atoms. The molecule has 2 atom stereocenters. The minimum atomic E-state index is -0.422. The number of carbonyl (C=O) groups is 1. The summed E-state index contributed by atoms with van der Waals surface area (Å²) < 4.78 is 21.5. The first-order valence-electron chi connectivity index (χ1n) is 8.84. The Morgan fingerprint density at radius 1 is 1.00 bits per heavy atom. The zero-order chi connectivity index (χ0) is 19.8. The van der Waals surface area contributed by atoms with Crippen molar-refractivity contribution in [1.82, 2.24) is 0 Å². The summed E-state index contributed by atoms with van der Waals surface area (Å²) in [4.78, 5) is 13.8. The number of carbonyl (C=O) groups excluding carboxylic acids is 1. The van der Waals surface area contributed by atoms with Crippen LogP contribution in [0.4, 0.5) is 0 Å². The summed E-state index contributed by atoms with van der Waals surface area (Å²) in [6.07, 6.45) is -0.236. The van der Waals surface area contributed by atoms with Gasteiger partial charge in [-0.3, -0.25) is 0 Å². The highest BCUT2D eigenvalue weighted by Gasteiger charge is 2.20. The highest BCUT2D eigenvalue weighted by Crippen LogP contribution is 2.38. The SMILES string of the molecule is COc1cc(C(=O)O[C@H](C)C[NH+](C)Cc2ccccc2)cc(OC)c1OC. The van der Waals surface area contributed by atoms with Gasteiger partial charge in [0.05, 0.1) is 33.9 Å². The van der Waals surface area contributed by atoms with E-state index in [2.05, 4.69) is 19.2 Å². The molecule has 1 N–H and O–H groups in total. The second kappa shape index (κ2) is 9.83. The summed E-state index contributed by atoms with van der Waals surface area (Å²) in [5.41, 5.74) is 1.61. The Morgan fingerprint density at radius 3 is 2.11 bits per heavy atom. The zero-order valence-electron chi connectivity index (χ0n) is 16.6. The lowest BCUT2D eigenvalue weighted by Gasteiger charge is -2.20. The first-order chi connectivity index (χ1) is 13.0. The van der Waals surface area contributed by atoms with E-state index >= 15 is 0 Å². The predicted octanol–water partition coefficient (Wildman–Crippen LogP) is 1.97. The lowest BCUT2D eigenvalue weighted by atomic mass is 10.1. The van der Waals surface area contributed by atoms with Crippen LogP contribution in [-0.2, 0) is 11.3 Å². The normalized spacial score (nSPS) is 12.8. The smallest absolute Gasteiger partial charge is 0.338 e. The lowest BCUT2D eigenvalue weighted by Crippen LogP contribution is -3.08. The molecule has 0 aliphatic heterocycles. The minimum absolute atomic E-state index is 0.236. The van der Waals surface area contributed by atoms with E-state index in [1.165, 1.54) is 31.8 Å². The lowest BCUT2D eigenvalue weighted by molar-refractivity contribution is -0.896. The predicted molar refractivity (Wildman–Crippen MR) is 103 cm³/mol. The van der Waals surface area contributed by atoms with Crippen molar-refractivity contribution in [3.8, 4) is 17.2 Å². The molecule has 0 spiro atoms. The van der Waals surface area contributed by atoms with Crippen molar-refractivity contribution in [1.29, 1.82) is 0 Å². The number of quaternary nitrogens is 1. The molecule has 0 radical (unpaired) electrons. The van der Waals surface area contributed by atoms with Crippen molar-refractivity contribution in [3.63, 3.8) is 0 Å². The Hall–Kier alpha value is -2.73. The molecular formula is C21H28NO5+. The molecule has 0 fully saturated rings. The maximum absolute atomic E-state index is 12.5. The molecule has 6 heteroatoms. The molecule has 6 nitrogen and oxygen atoms in total. The second-order valence-electron chi connectivity index (χ2n) is 6.45. The van der Waals surface area contributed by atoms with Crippen LogP contribution in [-0.4, -0.2) is 47.0 Å². The Labute approximate surface area is 160 Å². The van der Waals surface area contributed by atoms with Crippen LogP contribution >= 0.6 is 0 Å². The van der Waals surface area contributed by atoms with E-state index in [1.807, 2.05) is 25.1 Å². The molecule has 0 saturated heterocycles. The third-order valence-electron chi connectivity index (χ3n) is 4.19. The van der Waals surface area contributed by atoms with Crippen LogP contribution in [0.2, 0.25) is 0 Å². The molecule has 0 aromatic heterocycles. The van der Waals surface area contributed by atoms with Crippen molar-refractivity contribution < 1.29 is 28.6 Å². The first kappa shape index (κ1) is 20.6. The number of hydrogen-bond acceptors (Lipinski definition) is 5. The van der Waals surface area contributed by atoms with Gasteiger partial charge in [0.25, 0.3) is 0 Å². The molecule has 0 saturated carbocycles. The quantitative estimate of drug-likeness (QED) is 0.680. The number of benzene rings is 2. The minimum Gasteiger partial charge on any atom is -0.493 e. The largest absolute Gasteiger partial charge is 0.493 e. The summed E-state index contributed by atoms with van der Waals surface area (Å²) >= 11 is 0. The topological polar surface area (TPSA) is 58.4 Å². The highest BCUT2D eigenvalue weighted by molar-refractivity contribution is 5.91. The van der Waals surface area contributed by atoms with E-state index in [4.69, 9.17) is 18.9 Å². The molecule has 2 aromatic carbocycles. The number of esters is 1. The number of nitrogens with one attached hydrogen (secondary N) is 1. The third-order valence-corrected chi connectivity index (χ3v) is 4.19. The number of ether oxygens (including phenoxy) is 4. The second-order valence-corrected chi connectivity index (χ2v) is 6.45. The number of likely N-dealkylation sites (N-methyl/N-ethyl adjacent to an activating group) is 1. The van der Waals surface area contributed by atoms with Gasteiger partial charge in [-0.1, -0.05) is 30.3 Å². The van der Waals surface area contributed by atoms with E-state index in [9.17, 15) is 4.79 Å². The molecule has 0 aliphatic rings. The van der Waals surface area contributed by atoms with Crippen molar-refractivity contribution in [2.45, 2.75) is 19.6 Å². The van der Waals surface area contributed by atoms with E-state index < -0.39 is 5.97 Å². The van der Waals surface area contributed by atoms with Crippen LogP contribution in [0.5, 0.6) is 17.2 Å². The average Bonchev–Trinajstić information content (AvgIpc) is 2.67. The van der Waals surface area contributed by atoms with Gasteiger partial charge in [0.15, 0.2) is 11.5 Å². The van der Waals surface area contributed by atoms with Gasteiger partial charge in [0.2, 0.25) is 5.75 Å².